The Labute approximate surface area is 107 Å². The average Bonchev–Trinajstić information content (AvgIpc) is 2.91. The zero-order valence-corrected chi connectivity index (χ0v) is 11.5. The van der Waals surface area contributed by atoms with Gasteiger partial charge in [0.25, 0.3) is 0 Å². The third kappa shape index (κ3) is 2.51. The summed E-state index contributed by atoms with van der Waals surface area (Å²) in [4.78, 5) is 4.50. The Hall–Kier alpha value is -0.520. The molecule has 4 nitrogen and oxygen atoms in total. The number of hydrogen-bond acceptors (Lipinski definition) is 4. The Morgan fingerprint density at radius 1 is 1.71 bits per heavy atom. The summed E-state index contributed by atoms with van der Waals surface area (Å²) < 4.78 is 2.39. The van der Waals surface area contributed by atoms with Crippen LogP contribution in [-0.2, 0) is 6.54 Å². The van der Waals surface area contributed by atoms with Crippen LogP contribution in [0.15, 0.2) is 12.4 Å². The molecule has 2 heterocycles. The smallest absolute Gasteiger partial charge is 0.128 e. The second-order valence-corrected chi connectivity index (χ2v) is 6.47. The van der Waals surface area contributed by atoms with E-state index in [4.69, 9.17) is 5.84 Å². The molecule has 2 rings (SSSR count). The van der Waals surface area contributed by atoms with Crippen molar-refractivity contribution in [1.82, 2.24) is 15.0 Å². The van der Waals surface area contributed by atoms with Gasteiger partial charge in [-0.05, 0) is 31.9 Å². The number of rotatable bonds is 5. The molecule has 0 saturated carbocycles. The SMILES string of the molecule is CCCn1ccnc1C(NN)C1(C)CCCS1. The van der Waals surface area contributed by atoms with E-state index in [9.17, 15) is 0 Å². The van der Waals surface area contributed by atoms with Crippen LogP contribution in [0.5, 0.6) is 0 Å². The molecule has 5 heteroatoms. The van der Waals surface area contributed by atoms with Gasteiger partial charge in [-0.1, -0.05) is 6.92 Å². The highest BCUT2D eigenvalue weighted by atomic mass is 32.2. The maximum absolute atomic E-state index is 5.78. The molecule has 3 N–H and O–H groups in total. The summed E-state index contributed by atoms with van der Waals surface area (Å²) in [6, 6.07) is 0.136. The molecule has 1 aliphatic heterocycles. The van der Waals surface area contributed by atoms with Gasteiger partial charge in [0.15, 0.2) is 0 Å². The van der Waals surface area contributed by atoms with Gasteiger partial charge in [0, 0.05) is 23.7 Å². The molecular weight excluding hydrogens is 232 g/mol. The monoisotopic (exact) mass is 254 g/mol. The van der Waals surface area contributed by atoms with Crippen molar-refractivity contribution in [2.75, 3.05) is 5.75 Å². The van der Waals surface area contributed by atoms with Gasteiger partial charge in [-0.2, -0.15) is 11.8 Å². The highest BCUT2D eigenvalue weighted by molar-refractivity contribution is 8.00. The predicted molar refractivity (Wildman–Crippen MR) is 72.7 cm³/mol. The Bertz CT molecular complexity index is 357. The summed E-state index contributed by atoms with van der Waals surface area (Å²) in [5, 5.41) is 0. The first-order valence-corrected chi connectivity index (χ1v) is 7.31. The largest absolute Gasteiger partial charge is 0.334 e. The molecular formula is C12H22N4S. The van der Waals surface area contributed by atoms with E-state index in [0.29, 0.717) is 0 Å². The molecule has 0 spiro atoms. The summed E-state index contributed by atoms with van der Waals surface area (Å²) in [5.74, 6) is 8.08. The summed E-state index contributed by atoms with van der Waals surface area (Å²) in [7, 11) is 0. The quantitative estimate of drug-likeness (QED) is 0.624. The Morgan fingerprint density at radius 2 is 2.53 bits per heavy atom. The lowest BCUT2D eigenvalue weighted by Gasteiger charge is -2.32. The maximum Gasteiger partial charge on any atom is 0.128 e. The normalized spacial score (nSPS) is 26.3. The van der Waals surface area contributed by atoms with E-state index in [1.54, 1.807) is 0 Å². The van der Waals surface area contributed by atoms with Crippen LogP contribution in [0.4, 0.5) is 0 Å². The number of imidazole rings is 1. The third-order valence-corrected chi connectivity index (χ3v) is 5.09. The summed E-state index contributed by atoms with van der Waals surface area (Å²) in [5.41, 5.74) is 2.98. The van der Waals surface area contributed by atoms with Crippen LogP contribution >= 0.6 is 11.8 Å². The lowest BCUT2D eigenvalue weighted by Crippen LogP contribution is -2.42. The number of aryl methyl sites for hydroxylation is 1. The lowest BCUT2D eigenvalue weighted by atomic mass is 9.96. The van der Waals surface area contributed by atoms with Crippen LogP contribution in [0, 0.1) is 0 Å². The first kappa shape index (κ1) is 12.9. The van der Waals surface area contributed by atoms with Crippen molar-refractivity contribution >= 4 is 11.8 Å². The molecule has 2 atom stereocenters. The van der Waals surface area contributed by atoms with Gasteiger partial charge in [0.1, 0.15) is 5.82 Å². The second-order valence-electron chi connectivity index (χ2n) is 4.84. The fourth-order valence-electron chi connectivity index (χ4n) is 2.56. The molecule has 1 aliphatic rings. The number of hydrazine groups is 1. The van der Waals surface area contributed by atoms with Crippen molar-refractivity contribution in [3.05, 3.63) is 18.2 Å². The van der Waals surface area contributed by atoms with Crippen LogP contribution in [0.2, 0.25) is 0 Å². The van der Waals surface area contributed by atoms with Crippen molar-refractivity contribution in [3.8, 4) is 0 Å². The fourth-order valence-corrected chi connectivity index (χ4v) is 3.95. The number of nitrogens with two attached hydrogens (primary N) is 1. The van der Waals surface area contributed by atoms with Gasteiger partial charge in [-0.25, -0.2) is 10.4 Å². The molecule has 17 heavy (non-hydrogen) atoms. The Balaban J connectivity index is 2.25. The Morgan fingerprint density at radius 3 is 3.12 bits per heavy atom. The van der Waals surface area contributed by atoms with E-state index in [1.807, 2.05) is 24.2 Å². The predicted octanol–water partition coefficient (Wildman–Crippen LogP) is 2.08. The summed E-state index contributed by atoms with van der Waals surface area (Å²) in [6.07, 6.45) is 7.51. The van der Waals surface area contributed by atoms with E-state index in [0.717, 1.165) is 18.8 Å². The topological polar surface area (TPSA) is 55.9 Å². The van der Waals surface area contributed by atoms with E-state index >= 15 is 0 Å². The standard InChI is InChI=1S/C12H22N4S/c1-3-7-16-8-6-14-11(16)10(15-13)12(2)5-4-9-17-12/h6,8,10,15H,3-5,7,9,13H2,1-2H3. The maximum atomic E-state index is 5.78. The molecule has 0 aromatic carbocycles. The average molecular weight is 254 g/mol. The lowest BCUT2D eigenvalue weighted by molar-refractivity contribution is 0.388. The number of nitrogens with zero attached hydrogens (tertiary/aromatic N) is 2. The van der Waals surface area contributed by atoms with Crippen molar-refractivity contribution in [2.24, 2.45) is 5.84 Å². The highest BCUT2D eigenvalue weighted by Crippen LogP contribution is 2.45. The number of hydrogen-bond donors (Lipinski definition) is 2. The number of thioether (sulfide) groups is 1. The summed E-state index contributed by atoms with van der Waals surface area (Å²) in [6.45, 7) is 5.48. The second kappa shape index (κ2) is 5.42. The first-order chi connectivity index (χ1) is 8.21. The molecule has 0 amide bonds. The summed E-state index contributed by atoms with van der Waals surface area (Å²) >= 11 is 2.01. The molecule has 1 fully saturated rings. The molecule has 0 aliphatic carbocycles. The minimum absolute atomic E-state index is 0.136. The number of aromatic nitrogens is 2. The van der Waals surface area contributed by atoms with Crippen LogP contribution in [0.3, 0.4) is 0 Å². The molecule has 0 radical (unpaired) electrons. The van der Waals surface area contributed by atoms with E-state index in [2.05, 4.69) is 28.8 Å². The van der Waals surface area contributed by atoms with Crippen LogP contribution in [0.1, 0.15) is 45.0 Å². The number of nitrogens with one attached hydrogen (secondary N) is 1. The van der Waals surface area contributed by atoms with Gasteiger partial charge in [0.05, 0.1) is 6.04 Å². The van der Waals surface area contributed by atoms with Crippen molar-refractivity contribution in [2.45, 2.75) is 50.4 Å². The van der Waals surface area contributed by atoms with E-state index < -0.39 is 0 Å². The molecule has 2 unspecified atom stereocenters. The van der Waals surface area contributed by atoms with E-state index in [-0.39, 0.29) is 10.8 Å². The van der Waals surface area contributed by atoms with Gasteiger partial charge >= 0.3 is 0 Å². The van der Waals surface area contributed by atoms with Crippen LogP contribution < -0.4 is 11.3 Å². The first-order valence-electron chi connectivity index (χ1n) is 6.32. The molecule has 1 saturated heterocycles. The minimum atomic E-state index is 0.136. The zero-order chi connectivity index (χ0) is 12.3. The third-order valence-electron chi connectivity index (χ3n) is 3.50. The van der Waals surface area contributed by atoms with Crippen molar-refractivity contribution in [3.63, 3.8) is 0 Å². The van der Waals surface area contributed by atoms with Gasteiger partial charge in [-0.15, -0.1) is 0 Å². The van der Waals surface area contributed by atoms with Crippen molar-refractivity contribution < 1.29 is 0 Å². The molecule has 96 valence electrons. The van der Waals surface area contributed by atoms with Gasteiger partial charge < -0.3 is 4.57 Å². The fraction of sp³-hybridized carbons (Fsp3) is 0.750. The van der Waals surface area contributed by atoms with E-state index in [1.165, 1.54) is 18.6 Å². The van der Waals surface area contributed by atoms with Crippen molar-refractivity contribution in [1.29, 1.82) is 0 Å². The molecule has 1 aromatic rings. The molecule has 1 aromatic heterocycles. The van der Waals surface area contributed by atoms with Gasteiger partial charge in [-0.3, -0.25) is 5.84 Å². The molecule has 0 bridgehead atoms. The zero-order valence-electron chi connectivity index (χ0n) is 10.6. The minimum Gasteiger partial charge on any atom is -0.334 e. The highest BCUT2D eigenvalue weighted by Gasteiger charge is 2.40. The van der Waals surface area contributed by atoms with Crippen LogP contribution in [-0.4, -0.2) is 20.1 Å². The van der Waals surface area contributed by atoms with Gasteiger partial charge in [0.2, 0.25) is 0 Å². The van der Waals surface area contributed by atoms with Crippen LogP contribution in [0.25, 0.3) is 0 Å². The Kier molecular flexibility index (Phi) is 4.12.